The lowest BCUT2D eigenvalue weighted by Gasteiger charge is -1.93. The molecule has 1 aromatic heterocycles. The average Bonchev–Trinajstić information content (AvgIpc) is 2.52. The third-order valence-electron chi connectivity index (χ3n) is 1.27. The summed E-state index contributed by atoms with van der Waals surface area (Å²) in [5.74, 6) is 0. The van der Waals surface area contributed by atoms with Gasteiger partial charge in [0.05, 0.1) is 0 Å². The predicted molar refractivity (Wildman–Crippen MR) is 49.9 cm³/mol. The summed E-state index contributed by atoms with van der Waals surface area (Å²) in [7, 11) is 5.22. The molecule has 1 heterocycles. The van der Waals surface area contributed by atoms with E-state index in [2.05, 4.69) is 0 Å². The lowest BCUT2D eigenvalue weighted by molar-refractivity contribution is -0.115. The highest BCUT2D eigenvalue weighted by molar-refractivity contribution is 5.45. The standard InChI is InChI=1S/C6H6N2.C3H7NO/c1-8-4-2-3-6(8)5-7;1-4(2)3-5/h2-4H,1H3;3H,1-2H3. The molecule has 0 atom stereocenters. The fraction of sp³-hybridized carbons (Fsp3) is 0.333. The first-order valence-corrected chi connectivity index (χ1v) is 3.75. The van der Waals surface area contributed by atoms with Crippen LogP contribution in [0.3, 0.4) is 0 Å². The van der Waals surface area contributed by atoms with Gasteiger partial charge in [-0.3, -0.25) is 4.79 Å². The topological polar surface area (TPSA) is 49.0 Å². The molecule has 70 valence electrons. The number of aromatic nitrogens is 1. The Labute approximate surface area is 78.0 Å². The summed E-state index contributed by atoms with van der Waals surface area (Å²) in [6.07, 6.45) is 2.60. The molecule has 0 saturated carbocycles. The first kappa shape index (κ1) is 11.2. The van der Waals surface area contributed by atoms with Crippen LogP contribution in [0.1, 0.15) is 5.69 Å². The minimum Gasteiger partial charge on any atom is -0.351 e. The lowest BCUT2D eigenvalue weighted by atomic mass is 10.5. The van der Waals surface area contributed by atoms with E-state index in [0.29, 0.717) is 5.69 Å². The second-order valence-corrected chi connectivity index (χ2v) is 2.69. The molecule has 0 saturated heterocycles. The van der Waals surface area contributed by atoms with Gasteiger partial charge in [0.15, 0.2) is 0 Å². The molecule has 4 nitrogen and oxygen atoms in total. The minimum atomic E-state index is 0.699. The van der Waals surface area contributed by atoms with Crippen molar-refractivity contribution in [3.05, 3.63) is 24.0 Å². The summed E-state index contributed by atoms with van der Waals surface area (Å²) in [6, 6.07) is 5.66. The van der Waals surface area contributed by atoms with Crippen LogP contribution >= 0.6 is 0 Å². The van der Waals surface area contributed by atoms with Gasteiger partial charge >= 0.3 is 0 Å². The number of aryl methyl sites for hydroxylation is 1. The average molecular weight is 179 g/mol. The van der Waals surface area contributed by atoms with Gasteiger partial charge < -0.3 is 9.47 Å². The van der Waals surface area contributed by atoms with Gasteiger partial charge in [-0.1, -0.05) is 0 Å². The van der Waals surface area contributed by atoms with Crippen LogP contribution in [0.5, 0.6) is 0 Å². The third kappa shape index (κ3) is 4.64. The van der Waals surface area contributed by atoms with Crippen molar-refractivity contribution in [1.82, 2.24) is 9.47 Å². The Morgan fingerprint density at radius 1 is 1.62 bits per heavy atom. The first-order chi connectivity index (χ1) is 6.11. The van der Waals surface area contributed by atoms with E-state index in [0.717, 1.165) is 6.41 Å². The van der Waals surface area contributed by atoms with Crippen LogP contribution in [0.2, 0.25) is 0 Å². The lowest BCUT2D eigenvalue weighted by Crippen LogP contribution is -2.06. The number of carbonyl (C=O) groups excluding carboxylic acids is 1. The summed E-state index contributed by atoms with van der Waals surface area (Å²) in [5.41, 5.74) is 0.699. The molecular formula is C9H13N3O. The van der Waals surface area contributed by atoms with Crippen LogP contribution in [-0.4, -0.2) is 30.0 Å². The van der Waals surface area contributed by atoms with Crippen molar-refractivity contribution in [2.75, 3.05) is 14.1 Å². The van der Waals surface area contributed by atoms with Gasteiger partial charge in [-0.25, -0.2) is 0 Å². The summed E-state index contributed by atoms with van der Waals surface area (Å²) < 4.78 is 1.78. The summed E-state index contributed by atoms with van der Waals surface area (Å²) in [6.45, 7) is 0. The fourth-order valence-electron chi connectivity index (χ4n) is 0.577. The Kier molecular flexibility index (Phi) is 5.05. The van der Waals surface area contributed by atoms with Crippen molar-refractivity contribution >= 4 is 6.41 Å². The highest BCUT2D eigenvalue weighted by Gasteiger charge is 1.88. The molecule has 13 heavy (non-hydrogen) atoms. The molecule has 0 radical (unpaired) electrons. The molecule has 0 aliphatic heterocycles. The van der Waals surface area contributed by atoms with E-state index < -0.39 is 0 Å². The molecule has 4 heteroatoms. The second-order valence-electron chi connectivity index (χ2n) is 2.69. The molecule has 1 amide bonds. The Balaban J connectivity index is 0.000000252. The zero-order chi connectivity index (χ0) is 10.3. The molecule has 1 rings (SSSR count). The van der Waals surface area contributed by atoms with Gasteiger partial charge in [-0.2, -0.15) is 5.26 Å². The van der Waals surface area contributed by atoms with E-state index in [1.165, 1.54) is 4.90 Å². The molecule has 0 N–H and O–H groups in total. The fourth-order valence-corrected chi connectivity index (χ4v) is 0.577. The van der Waals surface area contributed by atoms with Crippen LogP contribution in [0.15, 0.2) is 18.3 Å². The van der Waals surface area contributed by atoms with Gasteiger partial charge in [0, 0.05) is 27.3 Å². The summed E-state index contributed by atoms with van der Waals surface area (Å²) in [4.78, 5) is 10.9. The van der Waals surface area contributed by atoms with Crippen molar-refractivity contribution in [2.45, 2.75) is 0 Å². The summed E-state index contributed by atoms with van der Waals surface area (Å²) in [5, 5.41) is 8.34. The van der Waals surface area contributed by atoms with E-state index in [4.69, 9.17) is 5.26 Å². The normalized spacial score (nSPS) is 7.85. The number of nitrogens with zero attached hydrogens (tertiary/aromatic N) is 3. The Bertz CT molecular complexity index is 296. The molecular weight excluding hydrogens is 166 g/mol. The van der Waals surface area contributed by atoms with E-state index in [1.54, 1.807) is 24.7 Å². The largest absolute Gasteiger partial charge is 0.351 e. The Morgan fingerprint density at radius 2 is 2.15 bits per heavy atom. The van der Waals surface area contributed by atoms with Crippen LogP contribution in [0.25, 0.3) is 0 Å². The third-order valence-corrected chi connectivity index (χ3v) is 1.27. The molecule has 0 bridgehead atoms. The van der Waals surface area contributed by atoms with Crippen molar-refractivity contribution in [3.8, 4) is 6.07 Å². The molecule has 1 aromatic rings. The van der Waals surface area contributed by atoms with Crippen LogP contribution in [-0.2, 0) is 11.8 Å². The number of hydrogen-bond donors (Lipinski definition) is 0. The first-order valence-electron chi connectivity index (χ1n) is 3.75. The van der Waals surface area contributed by atoms with Gasteiger partial charge in [0.25, 0.3) is 0 Å². The predicted octanol–water partition coefficient (Wildman–Crippen LogP) is 0.601. The van der Waals surface area contributed by atoms with E-state index in [9.17, 15) is 4.79 Å². The van der Waals surface area contributed by atoms with Gasteiger partial charge in [0.2, 0.25) is 6.41 Å². The second kappa shape index (κ2) is 5.84. The van der Waals surface area contributed by atoms with E-state index in [1.807, 2.05) is 25.4 Å². The quantitative estimate of drug-likeness (QED) is 0.593. The Hall–Kier alpha value is -1.76. The molecule has 0 aromatic carbocycles. The maximum absolute atomic E-state index is 9.43. The SMILES string of the molecule is CN(C)C=O.Cn1cccc1C#N. The molecule has 0 unspecified atom stereocenters. The molecule has 0 spiro atoms. The van der Waals surface area contributed by atoms with Gasteiger partial charge in [-0.05, 0) is 12.1 Å². The monoisotopic (exact) mass is 179 g/mol. The van der Waals surface area contributed by atoms with Crippen LogP contribution in [0.4, 0.5) is 0 Å². The van der Waals surface area contributed by atoms with E-state index >= 15 is 0 Å². The van der Waals surface area contributed by atoms with Crippen molar-refractivity contribution in [2.24, 2.45) is 7.05 Å². The maximum Gasteiger partial charge on any atom is 0.209 e. The maximum atomic E-state index is 9.43. The Morgan fingerprint density at radius 3 is 2.31 bits per heavy atom. The van der Waals surface area contributed by atoms with Gasteiger partial charge in [0.1, 0.15) is 11.8 Å². The molecule has 0 fully saturated rings. The molecule has 0 aliphatic carbocycles. The molecule has 0 aliphatic rings. The van der Waals surface area contributed by atoms with Crippen molar-refractivity contribution in [1.29, 1.82) is 5.26 Å². The number of rotatable bonds is 1. The zero-order valence-corrected chi connectivity index (χ0v) is 8.06. The highest BCUT2D eigenvalue weighted by Crippen LogP contribution is 1.94. The summed E-state index contributed by atoms with van der Waals surface area (Å²) >= 11 is 0. The minimum absolute atomic E-state index is 0.699. The van der Waals surface area contributed by atoms with Gasteiger partial charge in [-0.15, -0.1) is 0 Å². The van der Waals surface area contributed by atoms with E-state index in [-0.39, 0.29) is 0 Å². The van der Waals surface area contributed by atoms with Crippen molar-refractivity contribution < 1.29 is 4.79 Å². The number of amides is 1. The van der Waals surface area contributed by atoms with Crippen LogP contribution in [0, 0.1) is 11.3 Å². The van der Waals surface area contributed by atoms with Crippen LogP contribution < -0.4 is 0 Å². The smallest absolute Gasteiger partial charge is 0.209 e. The zero-order valence-electron chi connectivity index (χ0n) is 8.06. The van der Waals surface area contributed by atoms with Crippen molar-refractivity contribution in [3.63, 3.8) is 0 Å². The number of nitriles is 1. The highest BCUT2D eigenvalue weighted by atomic mass is 16.1. The number of hydrogen-bond acceptors (Lipinski definition) is 2. The number of carbonyl (C=O) groups is 1.